The van der Waals surface area contributed by atoms with E-state index >= 15 is 0 Å². The number of nitrogens with one attached hydrogen (secondary N) is 1. The van der Waals surface area contributed by atoms with Gasteiger partial charge in [0.2, 0.25) is 0 Å². The van der Waals surface area contributed by atoms with Gasteiger partial charge in [-0.1, -0.05) is 23.2 Å². The first-order valence-electron chi connectivity index (χ1n) is 3.49. The molecule has 0 aliphatic heterocycles. The summed E-state index contributed by atoms with van der Waals surface area (Å²) >= 11 is 11.9. The van der Waals surface area contributed by atoms with Crippen molar-refractivity contribution in [1.29, 1.82) is 0 Å². The van der Waals surface area contributed by atoms with Crippen LogP contribution >= 0.6 is 23.2 Å². The van der Waals surface area contributed by atoms with Gasteiger partial charge in [0, 0.05) is 11.6 Å². The fraction of sp³-hybridized carbons (Fsp3) is 0.125. The van der Waals surface area contributed by atoms with E-state index in [1.807, 2.05) is 13.0 Å². The lowest BCUT2D eigenvalue weighted by Gasteiger charge is -1.99. The molecule has 2 heterocycles. The zero-order chi connectivity index (χ0) is 8.72. The Morgan fingerprint density at radius 3 is 2.92 bits per heavy atom. The van der Waals surface area contributed by atoms with Gasteiger partial charge in [0.25, 0.3) is 0 Å². The van der Waals surface area contributed by atoms with Crippen LogP contribution in [0.2, 0.25) is 10.2 Å². The molecule has 0 unspecified atom stereocenters. The normalized spacial score (nSPS) is 10.9. The summed E-state index contributed by atoms with van der Waals surface area (Å²) in [6, 6.07) is 1.89. The largest absolute Gasteiger partial charge is 0.359 e. The number of aromatic amines is 1. The van der Waals surface area contributed by atoms with E-state index in [-0.39, 0.29) is 0 Å². The molecule has 62 valence electrons. The van der Waals surface area contributed by atoms with E-state index in [1.165, 1.54) is 0 Å². The second-order valence-corrected chi connectivity index (χ2v) is 3.30. The number of aromatic nitrogens is 2. The zero-order valence-electron chi connectivity index (χ0n) is 6.36. The lowest BCUT2D eigenvalue weighted by atomic mass is 10.3. The number of hydrogen-bond acceptors (Lipinski definition) is 1. The fourth-order valence-corrected chi connectivity index (χ4v) is 1.65. The Kier molecular flexibility index (Phi) is 1.74. The first-order valence-corrected chi connectivity index (χ1v) is 4.24. The van der Waals surface area contributed by atoms with Crippen LogP contribution in [-0.2, 0) is 0 Å². The standard InChI is InChI=1S/C8H6Cl2N2/c1-4-6(9)5-2-3-11-7(5)8(10)12-4/h2-3,11H,1H3. The Hall–Kier alpha value is -0.730. The lowest BCUT2D eigenvalue weighted by Crippen LogP contribution is -1.85. The molecule has 2 nitrogen and oxygen atoms in total. The first kappa shape index (κ1) is 7.90. The summed E-state index contributed by atoms with van der Waals surface area (Å²) in [6.45, 7) is 1.83. The maximum atomic E-state index is 6.00. The summed E-state index contributed by atoms with van der Waals surface area (Å²) in [6.07, 6.45) is 1.80. The highest BCUT2D eigenvalue weighted by atomic mass is 35.5. The van der Waals surface area contributed by atoms with Crippen molar-refractivity contribution in [2.75, 3.05) is 0 Å². The van der Waals surface area contributed by atoms with Crippen LogP contribution in [0.15, 0.2) is 12.3 Å². The minimum absolute atomic E-state index is 0.469. The number of nitrogens with zero attached hydrogens (tertiary/aromatic N) is 1. The average molecular weight is 201 g/mol. The van der Waals surface area contributed by atoms with E-state index in [4.69, 9.17) is 23.2 Å². The Balaban J connectivity index is 2.97. The highest BCUT2D eigenvalue weighted by Gasteiger charge is 2.08. The Bertz CT molecular complexity index is 434. The van der Waals surface area contributed by atoms with Crippen LogP contribution in [-0.4, -0.2) is 9.97 Å². The van der Waals surface area contributed by atoms with Gasteiger partial charge in [-0.3, -0.25) is 0 Å². The minimum atomic E-state index is 0.469. The summed E-state index contributed by atoms with van der Waals surface area (Å²) < 4.78 is 0. The SMILES string of the molecule is Cc1nc(Cl)c2[nH]ccc2c1Cl. The van der Waals surface area contributed by atoms with E-state index in [9.17, 15) is 0 Å². The number of rotatable bonds is 0. The van der Waals surface area contributed by atoms with Crippen LogP contribution in [0.1, 0.15) is 5.69 Å². The molecule has 2 aromatic rings. The Morgan fingerprint density at radius 1 is 1.42 bits per heavy atom. The van der Waals surface area contributed by atoms with E-state index in [1.54, 1.807) is 6.20 Å². The summed E-state index contributed by atoms with van der Waals surface area (Å²) in [5, 5.41) is 2.06. The monoisotopic (exact) mass is 200 g/mol. The lowest BCUT2D eigenvalue weighted by molar-refractivity contribution is 1.22. The van der Waals surface area contributed by atoms with Crippen molar-refractivity contribution in [2.24, 2.45) is 0 Å². The van der Waals surface area contributed by atoms with Gasteiger partial charge in [-0.2, -0.15) is 0 Å². The second-order valence-electron chi connectivity index (χ2n) is 2.57. The molecule has 0 saturated carbocycles. The van der Waals surface area contributed by atoms with Gasteiger partial charge in [0.05, 0.1) is 16.2 Å². The first-order chi connectivity index (χ1) is 5.70. The second kappa shape index (κ2) is 2.64. The molecule has 0 saturated heterocycles. The molecule has 0 aliphatic carbocycles. The third-order valence-electron chi connectivity index (χ3n) is 1.77. The van der Waals surface area contributed by atoms with E-state index in [0.717, 1.165) is 16.6 Å². The van der Waals surface area contributed by atoms with Crippen molar-refractivity contribution in [3.63, 3.8) is 0 Å². The summed E-state index contributed by atoms with van der Waals surface area (Å²) in [5.74, 6) is 0. The molecule has 0 radical (unpaired) electrons. The highest BCUT2D eigenvalue weighted by Crippen LogP contribution is 2.28. The van der Waals surface area contributed by atoms with Crippen molar-refractivity contribution in [3.05, 3.63) is 28.1 Å². The van der Waals surface area contributed by atoms with Gasteiger partial charge in [-0.25, -0.2) is 4.98 Å². The van der Waals surface area contributed by atoms with Crippen molar-refractivity contribution in [1.82, 2.24) is 9.97 Å². The van der Waals surface area contributed by atoms with Gasteiger partial charge >= 0.3 is 0 Å². The molecule has 0 spiro atoms. The molecule has 1 N–H and O–H groups in total. The van der Waals surface area contributed by atoms with Crippen LogP contribution < -0.4 is 0 Å². The third kappa shape index (κ3) is 0.993. The number of H-pyrrole nitrogens is 1. The highest BCUT2D eigenvalue weighted by molar-refractivity contribution is 6.39. The van der Waals surface area contributed by atoms with Gasteiger partial charge in [0.1, 0.15) is 0 Å². The molecule has 0 fully saturated rings. The quantitative estimate of drug-likeness (QED) is 0.651. The van der Waals surface area contributed by atoms with Crippen molar-refractivity contribution in [3.8, 4) is 0 Å². The number of fused-ring (bicyclic) bond motifs is 1. The van der Waals surface area contributed by atoms with E-state index < -0.39 is 0 Å². The Labute approximate surface area is 79.5 Å². The minimum Gasteiger partial charge on any atom is -0.359 e. The number of halogens is 2. The maximum absolute atomic E-state index is 6.00. The zero-order valence-corrected chi connectivity index (χ0v) is 7.87. The van der Waals surface area contributed by atoms with Crippen LogP contribution in [0.3, 0.4) is 0 Å². The predicted molar refractivity (Wildman–Crippen MR) is 50.9 cm³/mol. The van der Waals surface area contributed by atoms with E-state index in [0.29, 0.717) is 10.2 Å². The predicted octanol–water partition coefficient (Wildman–Crippen LogP) is 3.18. The molecular formula is C8H6Cl2N2. The van der Waals surface area contributed by atoms with Gasteiger partial charge in [0.15, 0.2) is 5.15 Å². The molecular weight excluding hydrogens is 195 g/mol. The van der Waals surface area contributed by atoms with Crippen LogP contribution in [0.25, 0.3) is 10.9 Å². The van der Waals surface area contributed by atoms with Crippen LogP contribution in [0.5, 0.6) is 0 Å². The molecule has 2 aromatic heterocycles. The van der Waals surface area contributed by atoms with Crippen LogP contribution in [0, 0.1) is 6.92 Å². The number of aryl methyl sites for hydroxylation is 1. The number of pyridine rings is 1. The summed E-state index contributed by atoms with van der Waals surface area (Å²) in [7, 11) is 0. The molecule has 12 heavy (non-hydrogen) atoms. The molecule has 0 amide bonds. The van der Waals surface area contributed by atoms with Gasteiger partial charge < -0.3 is 4.98 Å². The average Bonchev–Trinajstić information content (AvgIpc) is 2.48. The van der Waals surface area contributed by atoms with Gasteiger partial charge in [-0.15, -0.1) is 0 Å². The molecule has 0 aromatic carbocycles. The third-order valence-corrected chi connectivity index (χ3v) is 2.52. The molecule has 4 heteroatoms. The smallest absolute Gasteiger partial charge is 0.153 e. The van der Waals surface area contributed by atoms with Crippen molar-refractivity contribution < 1.29 is 0 Å². The summed E-state index contributed by atoms with van der Waals surface area (Å²) in [5.41, 5.74) is 1.56. The van der Waals surface area contributed by atoms with Crippen molar-refractivity contribution >= 4 is 34.1 Å². The fourth-order valence-electron chi connectivity index (χ4n) is 1.17. The number of hydrogen-bond donors (Lipinski definition) is 1. The molecule has 2 rings (SSSR count). The maximum Gasteiger partial charge on any atom is 0.153 e. The summed E-state index contributed by atoms with van der Waals surface area (Å²) in [4.78, 5) is 7.05. The Morgan fingerprint density at radius 2 is 2.17 bits per heavy atom. The topological polar surface area (TPSA) is 28.7 Å². The van der Waals surface area contributed by atoms with Crippen molar-refractivity contribution in [2.45, 2.75) is 6.92 Å². The molecule has 0 bridgehead atoms. The molecule has 0 aliphatic rings. The van der Waals surface area contributed by atoms with Gasteiger partial charge in [-0.05, 0) is 13.0 Å². The van der Waals surface area contributed by atoms with Crippen LogP contribution in [0.4, 0.5) is 0 Å². The van der Waals surface area contributed by atoms with E-state index in [2.05, 4.69) is 9.97 Å². The molecule has 0 atom stereocenters.